The van der Waals surface area contributed by atoms with Gasteiger partial charge in [-0.25, -0.2) is 9.59 Å². The number of carbonyl (C=O) groups excluding carboxylic acids is 1. The van der Waals surface area contributed by atoms with Crippen molar-refractivity contribution in [2.24, 2.45) is 0 Å². The third-order valence-electron chi connectivity index (χ3n) is 5.49. The van der Waals surface area contributed by atoms with Crippen molar-refractivity contribution in [3.8, 4) is 17.2 Å². The molecule has 0 aromatic heterocycles. The Morgan fingerprint density at radius 1 is 1.12 bits per heavy atom. The van der Waals surface area contributed by atoms with Gasteiger partial charge in [-0.2, -0.15) is 0 Å². The zero-order valence-electron chi connectivity index (χ0n) is 18.9. The summed E-state index contributed by atoms with van der Waals surface area (Å²) in [5, 5.41) is 9.16. The second-order valence-corrected chi connectivity index (χ2v) is 8.31. The highest BCUT2D eigenvalue weighted by Crippen LogP contribution is 2.24. The van der Waals surface area contributed by atoms with Crippen molar-refractivity contribution in [3.63, 3.8) is 0 Å². The van der Waals surface area contributed by atoms with E-state index in [9.17, 15) is 9.59 Å². The molecule has 0 saturated carbocycles. The maximum atomic E-state index is 12.6. The molecule has 32 heavy (non-hydrogen) atoms. The lowest BCUT2D eigenvalue weighted by molar-refractivity contribution is -0.152. The Morgan fingerprint density at radius 3 is 2.47 bits per heavy atom. The molecule has 0 bridgehead atoms. The number of carbonyl (C=O) groups is 2. The predicted molar refractivity (Wildman–Crippen MR) is 119 cm³/mol. The van der Waals surface area contributed by atoms with Crippen LogP contribution in [-0.2, 0) is 11.3 Å². The van der Waals surface area contributed by atoms with E-state index in [-0.39, 0.29) is 12.1 Å². The van der Waals surface area contributed by atoms with Crippen LogP contribution in [0, 0.1) is 0 Å². The first-order valence-electron chi connectivity index (χ1n) is 10.5. The Balaban J connectivity index is 1.49. The molecule has 1 aliphatic heterocycles. The van der Waals surface area contributed by atoms with E-state index < -0.39 is 11.6 Å². The van der Waals surface area contributed by atoms with Crippen LogP contribution in [0.4, 0.5) is 4.79 Å². The number of ether oxygens (including phenoxy) is 3. The molecule has 2 aromatic rings. The number of nitrogens with zero attached hydrogens (tertiary/aromatic N) is 2. The zero-order chi connectivity index (χ0) is 23.3. The summed E-state index contributed by atoms with van der Waals surface area (Å²) in [6, 6.07) is 14.6. The Morgan fingerprint density at radius 2 is 1.81 bits per heavy atom. The van der Waals surface area contributed by atoms with Crippen LogP contribution in [0.2, 0.25) is 0 Å². The average Bonchev–Trinajstić information content (AvgIpc) is 3.02. The first kappa shape index (κ1) is 23.2. The van der Waals surface area contributed by atoms with E-state index >= 15 is 0 Å². The van der Waals surface area contributed by atoms with Crippen LogP contribution in [-0.4, -0.2) is 65.9 Å². The van der Waals surface area contributed by atoms with Crippen LogP contribution in [0.25, 0.3) is 0 Å². The van der Waals surface area contributed by atoms with Crippen molar-refractivity contribution in [2.75, 3.05) is 27.3 Å². The standard InChI is InChI=1S/C24H30N2O6/c1-24(2,22(27)28)32-20-10-8-19(9-11-20)31-13-12-18-16-26(23(29)25(18)3)15-17-6-5-7-21(14-17)30-4/h5-11,14,18H,12-13,15-16H2,1-4H3,(H,27,28). The number of amides is 2. The van der Waals surface area contributed by atoms with Crippen molar-refractivity contribution < 1.29 is 28.9 Å². The highest BCUT2D eigenvalue weighted by atomic mass is 16.5. The van der Waals surface area contributed by atoms with Gasteiger partial charge in [0.1, 0.15) is 17.2 Å². The van der Waals surface area contributed by atoms with E-state index in [4.69, 9.17) is 19.3 Å². The average molecular weight is 443 g/mol. The summed E-state index contributed by atoms with van der Waals surface area (Å²) in [6.07, 6.45) is 0.696. The van der Waals surface area contributed by atoms with Crippen molar-refractivity contribution in [3.05, 3.63) is 54.1 Å². The fraction of sp³-hybridized carbons (Fsp3) is 0.417. The smallest absolute Gasteiger partial charge is 0.347 e. The SMILES string of the molecule is COc1cccc(CN2CC(CCOc3ccc(OC(C)(C)C(=O)O)cc3)N(C)C2=O)c1. The normalized spacial score (nSPS) is 16.2. The number of carboxylic acid groups (broad SMARTS) is 1. The van der Waals surface area contributed by atoms with E-state index in [0.717, 1.165) is 11.3 Å². The molecular weight excluding hydrogens is 412 g/mol. The van der Waals surface area contributed by atoms with Crippen LogP contribution in [0.15, 0.2) is 48.5 Å². The van der Waals surface area contributed by atoms with Gasteiger partial charge in [0.2, 0.25) is 0 Å². The van der Waals surface area contributed by atoms with Gasteiger partial charge in [0, 0.05) is 26.6 Å². The van der Waals surface area contributed by atoms with Crippen molar-refractivity contribution in [1.82, 2.24) is 9.80 Å². The molecule has 0 aliphatic carbocycles. The van der Waals surface area contributed by atoms with E-state index in [0.29, 0.717) is 37.6 Å². The van der Waals surface area contributed by atoms with Crippen LogP contribution >= 0.6 is 0 Å². The van der Waals surface area contributed by atoms with E-state index in [1.807, 2.05) is 36.2 Å². The fourth-order valence-electron chi connectivity index (χ4n) is 3.50. The van der Waals surface area contributed by atoms with Gasteiger partial charge in [-0.05, 0) is 55.8 Å². The van der Waals surface area contributed by atoms with Crippen molar-refractivity contribution in [2.45, 2.75) is 38.5 Å². The number of methoxy groups -OCH3 is 1. The Bertz CT molecular complexity index is 944. The number of hydrogen-bond donors (Lipinski definition) is 1. The third kappa shape index (κ3) is 5.63. The van der Waals surface area contributed by atoms with Gasteiger partial charge >= 0.3 is 12.0 Å². The second-order valence-electron chi connectivity index (χ2n) is 8.31. The Labute approximate surface area is 188 Å². The van der Waals surface area contributed by atoms with Crippen LogP contribution in [0.1, 0.15) is 25.8 Å². The fourth-order valence-corrected chi connectivity index (χ4v) is 3.50. The van der Waals surface area contributed by atoms with Gasteiger partial charge in [0.25, 0.3) is 0 Å². The first-order chi connectivity index (χ1) is 15.2. The number of likely N-dealkylation sites (N-methyl/N-ethyl adjacent to an activating group) is 1. The minimum absolute atomic E-state index is 0.000340. The lowest BCUT2D eigenvalue weighted by Gasteiger charge is -2.21. The topological polar surface area (TPSA) is 88.5 Å². The van der Waals surface area contributed by atoms with E-state index in [2.05, 4.69) is 0 Å². The molecule has 1 N–H and O–H groups in total. The summed E-state index contributed by atoms with van der Waals surface area (Å²) in [5.74, 6) is 0.855. The molecule has 1 saturated heterocycles. The lowest BCUT2D eigenvalue weighted by Crippen LogP contribution is -2.37. The molecule has 1 heterocycles. The maximum Gasteiger partial charge on any atom is 0.347 e. The van der Waals surface area contributed by atoms with Crippen LogP contribution < -0.4 is 14.2 Å². The van der Waals surface area contributed by atoms with Gasteiger partial charge in [-0.1, -0.05) is 12.1 Å². The minimum atomic E-state index is -1.31. The molecule has 8 heteroatoms. The second kappa shape index (κ2) is 9.80. The summed E-state index contributed by atoms with van der Waals surface area (Å²) in [7, 11) is 3.44. The summed E-state index contributed by atoms with van der Waals surface area (Å²) in [4.78, 5) is 27.4. The van der Waals surface area contributed by atoms with Gasteiger partial charge in [0.15, 0.2) is 5.60 Å². The Kier molecular flexibility index (Phi) is 7.12. The molecule has 2 amide bonds. The highest BCUT2D eigenvalue weighted by molar-refractivity contribution is 5.77. The quantitative estimate of drug-likeness (QED) is 0.604. The first-order valence-corrected chi connectivity index (χ1v) is 10.5. The molecule has 1 unspecified atom stereocenters. The molecule has 1 atom stereocenters. The zero-order valence-corrected chi connectivity index (χ0v) is 18.9. The van der Waals surface area contributed by atoms with Crippen LogP contribution in [0.5, 0.6) is 17.2 Å². The number of urea groups is 1. The van der Waals surface area contributed by atoms with Gasteiger partial charge in [0.05, 0.1) is 19.8 Å². The number of carboxylic acids is 1. The van der Waals surface area contributed by atoms with Crippen molar-refractivity contribution in [1.29, 1.82) is 0 Å². The third-order valence-corrected chi connectivity index (χ3v) is 5.49. The minimum Gasteiger partial charge on any atom is -0.497 e. The largest absolute Gasteiger partial charge is 0.497 e. The summed E-state index contributed by atoms with van der Waals surface area (Å²) in [5.41, 5.74) is -0.282. The number of rotatable bonds is 10. The molecule has 2 aromatic carbocycles. The lowest BCUT2D eigenvalue weighted by atomic mass is 10.1. The summed E-state index contributed by atoms with van der Waals surface area (Å²) >= 11 is 0. The molecule has 172 valence electrons. The van der Waals surface area contributed by atoms with Gasteiger partial charge < -0.3 is 29.1 Å². The maximum absolute atomic E-state index is 12.6. The predicted octanol–water partition coefficient (Wildman–Crippen LogP) is 3.64. The van der Waals surface area contributed by atoms with Gasteiger partial charge in [-0.3, -0.25) is 0 Å². The number of benzene rings is 2. The molecule has 0 radical (unpaired) electrons. The molecule has 1 fully saturated rings. The highest BCUT2D eigenvalue weighted by Gasteiger charge is 2.34. The number of aliphatic carboxylic acids is 1. The van der Waals surface area contributed by atoms with E-state index in [1.165, 1.54) is 13.8 Å². The summed E-state index contributed by atoms with van der Waals surface area (Å²) < 4.78 is 16.6. The van der Waals surface area contributed by atoms with Crippen molar-refractivity contribution >= 4 is 12.0 Å². The molecule has 0 spiro atoms. The molecule has 8 nitrogen and oxygen atoms in total. The van der Waals surface area contributed by atoms with Crippen LogP contribution in [0.3, 0.4) is 0 Å². The van der Waals surface area contributed by atoms with E-state index in [1.54, 1.807) is 36.3 Å². The summed E-state index contributed by atoms with van der Waals surface area (Å²) in [6.45, 7) is 4.61. The number of hydrogen-bond acceptors (Lipinski definition) is 5. The monoisotopic (exact) mass is 442 g/mol. The molecule has 3 rings (SSSR count). The Hall–Kier alpha value is -3.42. The molecule has 1 aliphatic rings. The molecular formula is C24H30N2O6. The van der Waals surface area contributed by atoms with Gasteiger partial charge in [-0.15, -0.1) is 0 Å².